The summed E-state index contributed by atoms with van der Waals surface area (Å²) in [6.45, 7) is 0.180. The lowest BCUT2D eigenvalue weighted by Crippen LogP contribution is -2.05. The summed E-state index contributed by atoms with van der Waals surface area (Å²) in [5.74, 6) is 0.626. The van der Waals surface area contributed by atoms with E-state index in [1.54, 1.807) is 19.3 Å². The van der Waals surface area contributed by atoms with E-state index in [-0.39, 0.29) is 6.61 Å². The first-order valence-electron chi connectivity index (χ1n) is 8.15. The van der Waals surface area contributed by atoms with Crippen molar-refractivity contribution in [2.24, 2.45) is 4.99 Å². The van der Waals surface area contributed by atoms with Gasteiger partial charge < -0.3 is 4.74 Å². The first-order valence-corrected chi connectivity index (χ1v) is 8.15. The Morgan fingerprint density at radius 1 is 1.11 bits per heavy atom. The van der Waals surface area contributed by atoms with E-state index in [0.717, 1.165) is 29.1 Å². The van der Waals surface area contributed by atoms with Crippen molar-refractivity contribution in [3.8, 4) is 5.75 Å². The number of rotatable bonds is 6. The first-order chi connectivity index (χ1) is 13.0. The van der Waals surface area contributed by atoms with Crippen molar-refractivity contribution in [2.45, 2.75) is 19.2 Å². The van der Waals surface area contributed by atoms with Crippen LogP contribution < -0.4 is 4.74 Å². The summed E-state index contributed by atoms with van der Waals surface area (Å²) in [5.41, 5.74) is 2.47. The fourth-order valence-electron chi connectivity index (χ4n) is 2.52. The third-order valence-corrected chi connectivity index (χ3v) is 3.87. The number of hydrogen-bond acceptors (Lipinski definition) is 4. The van der Waals surface area contributed by atoms with E-state index >= 15 is 0 Å². The van der Waals surface area contributed by atoms with Crippen LogP contribution in [-0.4, -0.2) is 28.7 Å². The molecule has 3 aromatic rings. The largest absolute Gasteiger partial charge is 0.489 e. The molecule has 0 saturated carbocycles. The molecular formula is C19H17F3N4O. The maximum atomic E-state index is 12.6. The van der Waals surface area contributed by atoms with Gasteiger partial charge in [0.05, 0.1) is 17.0 Å². The summed E-state index contributed by atoms with van der Waals surface area (Å²) in [6.07, 6.45) is -2.13. The number of benzene rings is 2. The van der Waals surface area contributed by atoms with Crippen LogP contribution in [-0.2, 0) is 19.2 Å². The molecule has 1 aromatic heterocycles. The number of aromatic nitrogens is 3. The van der Waals surface area contributed by atoms with Crippen LogP contribution in [0.1, 0.15) is 28.1 Å². The van der Waals surface area contributed by atoms with Crippen molar-refractivity contribution < 1.29 is 17.9 Å². The fourth-order valence-corrected chi connectivity index (χ4v) is 2.52. The lowest BCUT2D eigenvalue weighted by atomic mass is 10.1. The molecule has 0 aliphatic carbocycles. The molecule has 2 aromatic carbocycles. The van der Waals surface area contributed by atoms with Gasteiger partial charge in [0.1, 0.15) is 12.4 Å². The highest BCUT2D eigenvalue weighted by molar-refractivity contribution is 5.78. The zero-order valence-electron chi connectivity index (χ0n) is 14.5. The third kappa shape index (κ3) is 4.93. The second-order valence-corrected chi connectivity index (χ2v) is 5.87. The predicted molar refractivity (Wildman–Crippen MR) is 94.9 cm³/mol. The van der Waals surface area contributed by atoms with Gasteiger partial charge in [-0.15, -0.1) is 5.10 Å². The number of halogens is 3. The minimum absolute atomic E-state index is 0.180. The number of hydrogen-bond donors (Lipinski definition) is 1. The molecule has 0 unspecified atom stereocenters. The van der Waals surface area contributed by atoms with Crippen molar-refractivity contribution in [1.82, 2.24) is 15.4 Å². The van der Waals surface area contributed by atoms with Crippen molar-refractivity contribution in [1.29, 1.82) is 0 Å². The number of nitrogens with one attached hydrogen (secondary N) is 1. The van der Waals surface area contributed by atoms with Gasteiger partial charge in [-0.25, -0.2) is 0 Å². The average molecular weight is 374 g/mol. The Morgan fingerprint density at radius 2 is 1.89 bits per heavy atom. The fraction of sp³-hybridized carbons (Fsp3) is 0.211. The summed E-state index contributed by atoms with van der Waals surface area (Å²) in [6, 6.07) is 12.4. The zero-order valence-corrected chi connectivity index (χ0v) is 14.5. The molecule has 1 heterocycles. The first kappa shape index (κ1) is 18.6. The number of H-pyrrole nitrogens is 1. The molecule has 0 fully saturated rings. The Hall–Kier alpha value is -3.16. The van der Waals surface area contributed by atoms with E-state index in [2.05, 4.69) is 20.4 Å². The molecule has 8 heteroatoms. The van der Waals surface area contributed by atoms with Gasteiger partial charge in [-0.05, 0) is 35.4 Å². The summed E-state index contributed by atoms with van der Waals surface area (Å²) in [5, 5.41) is 10.6. The number of nitrogens with zero attached hydrogens (tertiary/aromatic N) is 3. The molecule has 0 amide bonds. The van der Waals surface area contributed by atoms with Crippen molar-refractivity contribution in [3.63, 3.8) is 0 Å². The van der Waals surface area contributed by atoms with Crippen LogP contribution in [0.2, 0.25) is 0 Å². The molecular weight excluding hydrogens is 357 g/mol. The van der Waals surface area contributed by atoms with Crippen LogP contribution in [0, 0.1) is 0 Å². The molecule has 0 saturated heterocycles. The Labute approximate surface area is 153 Å². The standard InChI is InChI=1S/C19H17F3N4O/c1-23-11-18-17(24-26-25-18)10-14-3-2-4-16(9-14)27-12-13-5-7-15(8-6-13)19(20,21)22/h2-9,11H,10,12H2,1H3,(H,24,25,26)/b23-11-. The molecule has 140 valence electrons. The molecule has 0 radical (unpaired) electrons. The van der Waals surface area contributed by atoms with Gasteiger partial charge in [0.15, 0.2) is 0 Å². The van der Waals surface area contributed by atoms with E-state index in [1.165, 1.54) is 12.1 Å². The summed E-state index contributed by atoms with van der Waals surface area (Å²) in [4.78, 5) is 3.95. The Balaban J connectivity index is 1.65. The van der Waals surface area contributed by atoms with E-state index in [1.807, 2.05) is 18.2 Å². The second-order valence-electron chi connectivity index (χ2n) is 5.87. The maximum Gasteiger partial charge on any atom is 0.416 e. The third-order valence-electron chi connectivity index (χ3n) is 3.87. The van der Waals surface area contributed by atoms with Crippen LogP contribution >= 0.6 is 0 Å². The van der Waals surface area contributed by atoms with Gasteiger partial charge >= 0.3 is 6.18 Å². The Kier molecular flexibility index (Phi) is 5.54. The van der Waals surface area contributed by atoms with Crippen LogP contribution in [0.3, 0.4) is 0 Å². The molecule has 5 nitrogen and oxygen atoms in total. The average Bonchev–Trinajstić information content (AvgIpc) is 3.07. The highest BCUT2D eigenvalue weighted by atomic mass is 19.4. The number of ether oxygens (including phenoxy) is 1. The van der Waals surface area contributed by atoms with E-state index < -0.39 is 11.7 Å². The van der Waals surface area contributed by atoms with Crippen LogP contribution in [0.15, 0.2) is 53.5 Å². The molecule has 0 aliphatic heterocycles. The van der Waals surface area contributed by atoms with Gasteiger partial charge in [0, 0.05) is 19.7 Å². The highest BCUT2D eigenvalue weighted by Gasteiger charge is 2.29. The van der Waals surface area contributed by atoms with Gasteiger partial charge in [-0.2, -0.15) is 13.2 Å². The molecule has 3 rings (SSSR count). The van der Waals surface area contributed by atoms with E-state index in [0.29, 0.717) is 17.7 Å². The lowest BCUT2D eigenvalue weighted by Gasteiger charge is -2.10. The number of aliphatic imine (C=N–C) groups is 1. The number of aromatic amines is 1. The normalized spacial score (nSPS) is 11.9. The second kappa shape index (κ2) is 8.03. The lowest BCUT2D eigenvalue weighted by molar-refractivity contribution is -0.137. The minimum atomic E-state index is -4.34. The summed E-state index contributed by atoms with van der Waals surface area (Å²) in [7, 11) is 1.67. The van der Waals surface area contributed by atoms with Gasteiger partial charge in [-0.1, -0.05) is 29.5 Å². The van der Waals surface area contributed by atoms with Crippen LogP contribution in [0.25, 0.3) is 0 Å². The molecule has 0 spiro atoms. The smallest absolute Gasteiger partial charge is 0.416 e. The van der Waals surface area contributed by atoms with Gasteiger partial charge in [-0.3, -0.25) is 10.1 Å². The summed E-state index contributed by atoms with van der Waals surface area (Å²) >= 11 is 0. The zero-order chi connectivity index (χ0) is 19.3. The molecule has 0 atom stereocenters. The number of alkyl halides is 3. The SMILES string of the molecule is C/N=C\c1[nH]nnc1Cc1cccc(OCc2ccc(C(F)(F)F)cc2)c1. The van der Waals surface area contributed by atoms with E-state index in [9.17, 15) is 13.2 Å². The van der Waals surface area contributed by atoms with E-state index in [4.69, 9.17) is 4.74 Å². The Bertz CT molecular complexity index is 917. The molecule has 0 aliphatic rings. The van der Waals surface area contributed by atoms with Crippen molar-refractivity contribution in [3.05, 3.63) is 76.6 Å². The van der Waals surface area contributed by atoms with Gasteiger partial charge in [0.25, 0.3) is 0 Å². The molecule has 1 N–H and O–H groups in total. The topological polar surface area (TPSA) is 63.2 Å². The minimum Gasteiger partial charge on any atom is -0.489 e. The summed E-state index contributed by atoms with van der Waals surface area (Å²) < 4.78 is 43.5. The maximum absolute atomic E-state index is 12.6. The predicted octanol–water partition coefficient (Wildman–Crippen LogP) is 4.04. The molecule has 0 bridgehead atoms. The van der Waals surface area contributed by atoms with Crippen LogP contribution in [0.5, 0.6) is 5.75 Å². The monoisotopic (exact) mass is 374 g/mol. The van der Waals surface area contributed by atoms with Gasteiger partial charge in [0.2, 0.25) is 0 Å². The highest BCUT2D eigenvalue weighted by Crippen LogP contribution is 2.29. The quantitative estimate of drug-likeness (QED) is 0.663. The van der Waals surface area contributed by atoms with Crippen molar-refractivity contribution in [2.75, 3.05) is 7.05 Å². The van der Waals surface area contributed by atoms with Crippen molar-refractivity contribution >= 4 is 6.21 Å². The molecule has 27 heavy (non-hydrogen) atoms. The van der Waals surface area contributed by atoms with Crippen LogP contribution in [0.4, 0.5) is 13.2 Å². The Morgan fingerprint density at radius 3 is 2.59 bits per heavy atom.